The zero-order valence-corrected chi connectivity index (χ0v) is 9.65. The van der Waals surface area contributed by atoms with Gasteiger partial charge in [0, 0.05) is 16.7 Å². The van der Waals surface area contributed by atoms with Crippen molar-refractivity contribution in [2.24, 2.45) is 0 Å². The summed E-state index contributed by atoms with van der Waals surface area (Å²) in [5.41, 5.74) is 0. The van der Waals surface area contributed by atoms with Crippen molar-refractivity contribution in [1.82, 2.24) is 0 Å². The molecular weight excluding hydrogens is 276 g/mol. The van der Waals surface area contributed by atoms with Crippen LogP contribution in [-0.4, -0.2) is 23.2 Å². The molecule has 1 rings (SSSR count). The minimum atomic E-state index is -4.87. The number of aliphatic carboxylic acids is 1. The second-order valence-corrected chi connectivity index (χ2v) is 4.27. The van der Waals surface area contributed by atoms with Gasteiger partial charge in [0.25, 0.3) is 0 Å². The predicted molar refractivity (Wildman–Crippen MR) is 56.1 cm³/mol. The molecule has 0 aromatic heterocycles. The Kier molecular flexibility index (Phi) is 4.83. The maximum absolute atomic E-state index is 13.3. The van der Waals surface area contributed by atoms with Crippen LogP contribution in [0.2, 0.25) is 0 Å². The number of rotatable bonds is 5. The molecule has 0 aliphatic heterocycles. The Morgan fingerprint density at radius 2 is 2.06 bits per heavy atom. The second-order valence-electron chi connectivity index (χ2n) is 3.13. The van der Waals surface area contributed by atoms with Crippen LogP contribution < -0.4 is 4.74 Å². The number of carboxylic acids is 1. The molecule has 18 heavy (non-hydrogen) atoms. The summed E-state index contributed by atoms with van der Waals surface area (Å²) < 4.78 is 52.4. The minimum Gasteiger partial charge on any atom is -0.481 e. The minimum absolute atomic E-state index is 0.0748. The lowest BCUT2D eigenvalue weighted by Crippen LogP contribution is -2.17. The van der Waals surface area contributed by atoms with Crippen molar-refractivity contribution in [3.05, 3.63) is 24.0 Å². The van der Waals surface area contributed by atoms with Crippen molar-refractivity contribution in [2.45, 2.75) is 17.7 Å². The van der Waals surface area contributed by atoms with E-state index in [-0.39, 0.29) is 17.1 Å². The van der Waals surface area contributed by atoms with Gasteiger partial charge in [-0.05, 0) is 12.1 Å². The van der Waals surface area contributed by atoms with Crippen LogP contribution in [0.1, 0.15) is 6.42 Å². The summed E-state index contributed by atoms with van der Waals surface area (Å²) in [5.74, 6) is -2.43. The Morgan fingerprint density at radius 3 is 2.56 bits per heavy atom. The van der Waals surface area contributed by atoms with Crippen LogP contribution in [0.5, 0.6) is 5.75 Å². The summed E-state index contributed by atoms with van der Waals surface area (Å²) in [6.07, 6.45) is -5.03. The third-order valence-corrected chi connectivity index (χ3v) is 2.76. The molecule has 0 saturated carbocycles. The van der Waals surface area contributed by atoms with Gasteiger partial charge < -0.3 is 9.84 Å². The first-order valence-corrected chi connectivity index (χ1v) is 5.66. The fourth-order valence-electron chi connectivity index (χ4n) is 1.04. The summed E-state index contributed by atoms with van der Waals surface area (Å²) in [6.45, 7) is 0. The third kappa shape index (κ3) is 5.26. The SMILES string of the molecule is O=C(O)CCSc1ccc(OC(F)(F)F)cc1F. The highest BCUT2D eigenvalue weighted by Crippen LogP contribution is 2.28. The van der Waals surface area contributed by atoms with Crippen LogP contribution >= 0.6 is 11.8 Å². The zero-order chi connectivity index (χ0) is 13.8. The number of halogens is 4. The molecule has 0 heterocycles. The van der Waals surface area contributed by atoms with Crippen molar-refractivity contribution in [3.63, 3.8) is 0 Å². The van der Waals surface area contributed by atoms with E-state index in [0.29, 0.717) is 6.07 Å². The molecule has 1 aromatic carbocycles. The van der Waals surface area contributed by atoms with E-state index in [0.717, 1.165) is 23.9 Å². The Labute approximate surface area is 104 Å². The molecule has 0 radical (unpaired) electrons. The van der Waals surface area contributed by atoms with E-state index in [4.69, 9.17) is 5.11 Å². The molecule has 0 fully saturated rings. The molecule has 3 nitrogen and oxygen atoms in total. The highest BCUT2D eigenvalue weighted by atomic mass is 32.2. The lowest BCUT2D eigenvalue weighted by molar-refractivity contribution is -0.274. The highest BCUT2D eigenvalue weighted by molar-refractivity contribution is 7.99. The lowest BCUT2D eigenvalue weighted by Gasteiger charge is -2.09. The van der Waals surface area contributed by atoms with E-state index in [1.165, 1.54) is 0 Å². The van der Waals surface area contributed by atoms with Gasteiger partial charge in [-0.3, -0.25) is 4.79 Å². The van der Waals surface area contributed by atoms with E-state index in [1.54, 1.807) is 0 Å². The summed E-state index contributed by atoms with van der Waals surface area (Å²) in [5, 5.41) is 8.38. The number of hydrogen-bond acceptors (Lipinski definition) is 3. The van der Waals surface area contributed by atoms with E-state index < -0.39 is 23.9 Å². The quantitative estimate of drug-likeness (QED) is 0.665. The van der Waals surface area contributed by atoms with Crippen LogP contribution in [0.25, 0.3) is 0 Å². The largest absolute Gasteiger partial charge is 0.573 e. The summed E-state index contributed by atoms with van der Waals surface area (Å²) >= 11 is 0.909. The fourth-order valence-corrected chi connectivity index (χ4v) is 1.90. The first-order chi connectivity index (χ1) is 8.28. The number of benzene rings is 1. The van der Waals surface area contributed by atoms with Crippen molar-refractivity contribution in [1.29, 1.82) is 0 Å². The number of thioether (sulfide) groups is 1. The van der Waals surface area contributed by atoms with Gasteiger partial charge in [-0.2, -0.15) is 0 Å². The lowest BCUT2D eigenvalue weighted by atomic mass is 10.3. The molecule has 1 N–H and O–H groups in total. The van der Waals surface area contributed by atoms with E-state index in [1.807, 2.05) is 0 Å². The van der Waals surface area contributed by atoms with Gasteiger partial charge in [0.05, 0.1) is 6.42 Å². The van der Waals surface area contributed by atoms with E-state index in [2.05, 4.69) is 4.74 Å². The number of ether oxygens (including phenoxy) is 1. The molecule has 0 amide bonds. The molecule has 0 atom stereocenters. The van der Waals surface area contributed by atoms with Gasteiger partial charge in [0.1, 0.15) is 11.6 Å². The normalized spacial score (nSPS) is 11.3. The van der Waals surface area contributed by atoms with Crippen molar-refractivity contribution >= 4 is 17.7 Å². The first-order valence-electron chi connectivity index (χ1n) is 4.68. The van der Waals surface area contributed by atoms with Gasteiger partial charge >= 0.3 is 12.3 Å². The maximum Gasteiger partial charge on any atom is 0.573 e. The Balaban J connectivity index is 2.65. The maximum atomic E-state index is 13.3. The van der Waals surface area contributed by atoms with Gasteiger partial charge in [-0.25, -0.2) is 4.39 Å². The average Bonchev–Trinajstić information content (AvgIpc) is 2.18. The summed E-state index contributed by atoms with van der Waals surface area (Å²) in [4.78, 5) is 10.3. The molecule has 0 aliphatic carbocycles. The number of carbonyl (C=O) groups is 1. The Morgan fingerprint density at radius 1 is 1.39 bits per heavy atom. The average molecular weight is 284 g/mol. The molecule has 0 saturated heterocycles. The van der Waals surface area contributed by atoms with Crippen molar-refractivity contribution < 1.29 is 32.2 Å². The van der Waals surface area contributed by atoms with E-state index in [9.17, 15) is 22.4 Å². The molecule has 100 valence electrons. The number of alkyl halides is 3. The van der Waals surface area contributed by atoms with Crippen LogP contribution in [0.3, 0.4) is 0 Å². The monoisotopic (exact) mass is 284 g/mol. The smallest absolute Gasteiger partial charge is 0.481 e. The van der Waals surface area contributed by atoms with Crippen LogP contribution in [0.15, 0.2) is 23.1 Å². The molecule has 0 unspecified atom stereocenters. The Hall–Kier alpha value is -1.44. The number of hydrogen-bond donors (Lipinski definition) is 1. The molecule has 0 bridgehead atoms. The zero-order valence-electron chi connectivity index (χ0n) is 8.83. The predicted octanol–water partition coefficient (Wildman–Crippen LogP) is 3.29. The highest BCUT2D eigenvalue weighted by Gasteiger charge is 2.31. The third-order valence-electron chi connectivity index (χ3n) is 1.71. The van der Waals surface area contributed by atoms with Crippen LogP contribution in [-0.2, 0) is 4.79 Å². The van der Waals surface area contributed by atoms with Gasteiger partial charge in [-0.1, -0.05) is 0 Å². The second kappa shape index (κ2) is 5.94. The fraction of sp³-hybridized carbons (Fsp3) is 0.300. The van der Waals surface area contributed by atoms with Crippen molar-refractivity contribution in [3.8, 4) is 5.75 Å². The van der Waals surface area contributed by atoms with Gasteiger partial charge in [-0.15, -0.1) is 24.9 Å². The molecular formula is C10H8F4O3S. The summed E-state index contributed by atoms with van der Waals surface area (Å²) in [6, 6.07) is 2.69. The molecule has 0 aliphatic rings. The topological polar surface area (TPSA) is 46.5 Å². The Bertz CT molecular complexity index is 434. The molecule has 1 aromatic rings. The van der Waals surface area contributed by atoms with Crippen molar-refractivity contribution in [2.75, 3.05) is 5.75 Å². The standard InChI is InChI=1S/C10H8F4O3S/c11-7-5-6(17-10(12,13)14)1-2-8(7)18-4-3-9(15)16/h1-2,5H,3-4H2,(H,15,16). The molecule has 0 spiro atoms. The van der Waals surface area contributed by atoms with Gasteiger partial charge in [0.2, 0.25) is 0 Å². The number of carboxylic acid groups (broad SMARTS) is 1. The first kappa shape index (κ1) is 14.6. The van der Waals surface area contributed by atoms with E-state index >= 15 is 0 Å². The summed E-state index contributed by atoms with van der Waals surface area (Å²) in [7, 11) is 0. The van der Waals surface area contributed by atoms with Gasteiger partial charge in [0.15, 0.2) is 0 Å². The van der Waals surface area contributed by atoms with Crippen LogP contribution in [0.4, 0.5) is 17.6 Å². The van der Waals surface area contributed by atoms with Crippen LogP contribution in [0, 0.1) is 5.82 Å². The molecule has 8 heteroatoms.